The molecule has 16 heavy (non-hydrogen) atoms. The number of hydrogen-bond acceptors (Lipinski definition) is 2. The second-order valence-corrected chi connectivity index (χ2v) is 3.68. The Bertz CT molecular complexity index is 686. The summed E-state index contributed by atoms with van der Waals surface area (Å²) >= 11 is 0. The molecule has 0 saturated heterocycles. The van der Waals surface area contributed by atoms with E-state index in [4.69, 9.17) is 0 Å². The Labute approximate surface area is 93.2 Å². The van der Waals surface area contributed by atoms with E-state index >= 15 is 0 Å². The van der Waals surface area contributed by atoms with Gasteiger partial charge in [-0.3, -0.25) is 0 Å². The van der Waals surface area contributed by atoms with Crippen molar-refractivity contribution >= 4 is 27.8 Å². The van der Waals surface area contributed by atoms with Crippen molar-refractivity contribution in [3.8, 4) is 0 Å². The van der Waals surface area contributed by atoms with Crippen molar-refractivity contribution < 1.29 is 0 Å². The van der Waals surface area contributed by atoms with Crippen molar-refractivity contribution in [2.24, 2.45) is 0 Å². The molecule has 0 atom stereocenters. The van der Waals surface area contributed by atoms with Crippen LogP contribution in [0.5, 0.6) is 0 Å². The lowest BCUT2D eigenvalue weighted by Crippen LogP contribution is -1.87. The Hall–Kier alpha value is -2.22. The predicted octanol–water partition coefficient (Wildman–Crippen LogP) is 3.43. The zero-order valence-corrected chi connectivity index (χ0v) is 8.72. The monoisotopic (exact) mass is 206 g/mol. The molecule has 2 heteroatoms. The minimum absolute atomic E-state index is 0.940. The molecule has 0 aliphatic heterocycles. The Morgan fingerprint density at radius 1 is 1.06 bits per heavy atom. The minimum atomic E-state index is 0.940. The van der Waals surface area contributed by atoms with Crippen LogP contribution < -0.4 is 0 Å². The lowest BCUT2D eigenvalue weighted by atomic mass is 10.0. The molecule has 3 rings (SSSR count). The zero-order chi connectivity index (χ0) is 11.0. The van der Waals surface area contributed by atoms with Crippen LogP contribution in [0.2, 0.25) is 0 Å². The van der Waals surface area contributed by atoms with Gasteiger partial charge >= 0.3 is 0 Å². The topological polar surface area (TPSA) is 25.8 Å². The molecule has 0 radical (unpaired) electrons. The maximum absolute atomic E-state index is 4.22. The van der Waals surface area contributed by atoms with Crippen LogP contribution >= 0.6 is 0 Å². The normalized spacial score (nSPS) is 10.8. The smallest absolute Gasteiger partial charge is 0.101 e. The van der Waals surface area contributed by atoms with Gasteiger partial charge < -0.3 is 0 Å². The van der Waals surface area contributed by atoms with Gasteiger partial charge in [-0.1, -0.05) is 36.9 Å². The largest absolute Gasteiger partial charge is 0.158 e. The van der Waals surface area contributed by atoms with E-state index in [1.165, 1.54) is 5.39 Å². The standard InChI is InChI=1S/C14H10N2/c1-2-10-9-11-5-3-4-6-12(11)14-13(10)7-8-15-16-14/h2-9H,1H2. The zero-order valence-electron chi connectivity index (χ0n) is 8.72. The first-order valence-corrected chi connectivity index (χ1v) is 5.16. The molecule has 0 aliphatic rings. The summed E-state index contributed by atoms with van der Waals surface area (Å²) in [4.78, 5) is 0. The van der Waals surface area contributed by atoms with Gasteiger partial charge in [0.1, 0.15) is 5.52 Å². The number of nitrogens with zero attached hydrogens (tertiary/aromatic N) is 2. The summed E-state index contributed by atoms with van der Waals surface area (Å²) in [7, 11) is 0. The molecule has 0 saturated carbocycles. The molecule has 1 heterocycles. The molecular formula is C14H10N2. The fourth-order valence-corrected chi connectivity index (χ4v) is 2.02. The van der Waals surface area contributed by atoms with Crippen LogP contribution in [0.15, 0.2) is 49.2 Å². The predicted molar refractivity (Wildman–Crippen MR) is 67.1 cm³/mol. The SMILES string of the molecule is C=Cc1cc2ccccc2c2nnccc12. The lowest BCUT2D eigenvalue weighted by molar-refractivity contribution is 1.08. The van der Waals surface area contributed by atoms with Crippen LogP contribution in [0.4, 0.5) is 0 Å². The molecule has 0 amide bonds. The highest BCUT2D eigenvalue weighted by Gasteiger charge is 2.04. The third kappa shape index (κ3) is 1.20. The number of hydrogen-bond donors (Lipinski definition) is 0. The van der Waals surface area contributed by atoms with Crippen LogP contribution in [0, 0.1) is 0 Å². The molecule has 0 aliphatic carbocycles. The van der Waals surface area contributed by atoms with E-state index in [0.717, 1.165) is 21.9 Å². The van der Waals surface area contributed by atoms with Crippen molar-refractivity contribution in [3.63, 3.8) is 0 Å². The first-order chi connectivity index (χ1) is 7.90. The van der Waals surface area contributed by atoms with E-state index in [-0.39, 0.29) is 0 Å². The second kappa shape index (κ2) is 3.42. The average molecular weight is 206 g/mol. The average Bonchev–Trinajstić information content (AvgIpc) is 2.38. The fourth-order valence-electron chi connectivity index (χ4n) is 2.02. The number of fused-ring (bicyclic) bond motifs is 3. The number of aromatic nitrogens is 2. The highest BCUT2D eigenvalue weighted by Crippen LogP contribution is 2.26. The molecule has 1 aromatic heterocycles. The summed E-state index contributed by atoms with van der Waals surface area (Å²) in [6, 6.07) is 12.3. The van der Waals surface area contributed by atoms with Gasteiger partial charge in [-0.2, -0.15) is 5.10 Å². The third-order valence-electron chi connectivity index (χ3n) is 2.78. The molecule has 0 N–H and O–H groups in total. The first kappa shape index (κ1) is 9.04. The van der Waals surface area contributed by atoms with Gasteiger partial charge in [-0.05, 0) is 23.1 Å². The van der Waals surface area contributed by atoms with Gasteiger partial charge in [-0.25, -0.2) is 0 Å². The molecule has 2 nitrogen and oxygen atoms in total. The highest BCUT2D eigenvalue weighted by atomic mass is 15.1. The number of rotatable bonds is 1. The summed E-state index contributed by atoms with van der Waals surface area (Å²) in [5.41, 5.74) is 2.04. The Morgan fingerprint density at radius 3 is 2.81 bits per heavy atom. The van der Waals surface area contributed by atoms with Crippen molar-refractivity contribution in [3.05, 3.63) is 54.7 Å². The quantitative estimate of drug-likeness (QED) is 0.570. The van der Waals surface area contributed by atoms with Crippen LogP contribution in [-0.2, 0) is 0 Å². The summed E-state index contributed by atoms with van der Waals surface area (Å²) in [6.45, 7) is 3.84. The molecule has 0 fully saturated rings. The summed E-state index contributed by atoms with van der Waals surface area (Å²) in [5.74, 6) is 0. The van der Waals surface area contributed by atoms with E-state index in [1.54, 1.807) is 6.20 Å². The van der Waals surface area contributed by atoms with E-state index in [9.17, 15) is 0 Å². The van der Waals surface area contributed by atoms with Gasteiger partial charge in [0.25, 0.3) is 0 Å². The Balaban J connectivity index is 2.62. The molecular weight excluding hydrogens is 196 g/mol. The van der Waals surface area contributed by atoms with Crippen LogP contribution in [0.25, 0.3) is 27.8 Å². The van der Waals surface area contributed by atoms with Gasteiger partial charge in [0.15, 0.2) is 0 Å². The van der Waals surface area contributed by atoms with Crippen LogP contribution in [0.3, 0.4) is 0 Å². The summed E-state index contributed by atoms with van der Waals surface area (Å²) < 4.78 is 0. The van der Waals surface area contributed by atoms with E-state index < -0.39 is 0 Å². The van der Waals surface area contributed by atoms with Crippen molar-refractivity contribution in [2.45, 2.75) is 0 Å². The van der Waals surface area contributed by atoms with E-state index in [2.05, 4.69) is 35.0 Å². The summed E-state index contributed by atoms with van der Waals surface area (Å²) in [6.07, 6.45) is 3.57. The summed E-state index contributed by atoms with van der Waals surface area (Å²) in [5, 5.41) is 11.6. The molecule has 2 aromatic carbocycles. The van der Waals surface area contributed by atoms with Crippen LogP contribution in [-0.4, -0.2) is 10.2 Å². The van der Waals surface area contributed by atoms with Gasteiger partial charge in [0, 0.05) is 10.8 Å². The molecule has 0 unspecified atom stereocenters. The van der Waals surface area contributed by atoms with Crippen molar-refractivity contribution in [1.82, 2.24) is 10.2 Å². The van der Waals surface area contributed by atoms with Crippen LogP contribution in [0.1, 0.15) is 5.56 Å². The van der Waals surface area contributed by atoms with Crippen molar-refractivity contribution in [1.29, 1.82) is 0 Å². The molecule has 76 valence electrons. The minimum Gasteiger partial charge on any atom is -0.158 e. The second-order valence-electron chi connectivity index (χ2n) is 3.68. The highest BCUT2D eigenvalue weighted by molar-refractivity contribution is 6.08. The maximum atomic E-state index is 4.22. The van der Waals surface area contributed by atoms with Gasteiger partial charge in [-0.15, -0.1) is 5.10 Å². The fraction of sp³-hybridized carbons (Fsp3) is 0. The maximum Gasteiger partial charge on any atom is 0.101 e. The van der Waals surface area contributed by atoms with E-state index in [1.807, 2.05) is 24.3 Å². The molecule has 3 aromatic rings. The first-order valence-electron chi connectivity index (χ1n) is 5.16. The van der Waals surface area contributed by atoms with Gasteiger partial charge in [0.2, 0.25) is 0 Å². The lowest BCUT2D eigenvalue weighted by Gasteiger charge is -2.05. The third-order valence-corrected chi connectivity index (χ3v) is 2.78. The molecule has 0 bridgehead atoms. The molecule has 0 spiro atoms. The van der Waals surface area contributed by atoms with E-state index in [0.29, 0.717) is 0 Å². The number of benzene rings is 2. The van der Waals surface area contributed by atoms with Crippen molar-refractivity contribution in [2.75, 3.05) is 0 Å². The van der Waals surface area contributed by atoms with Gasteiger partial charge in [0.05, 0.1) is 6.20 Å². The Morgan fingerprint density at radius 2 is 1.94 bits per heavy atom. The Kier molecular flexibility index (Phi) is 1.93.